The summed E-state index contributed by atoms with van der Waals surface area (Å²) in [7, 11) is 0. The molecule has 0 aliphatic rings. The van der Waals surface area contributed by atoms with E-state index in [4.69, 9.17) is 15.3 Å². The fourth-order valence-electron chi connectivity index (χ4n) is 1.93. The van der Waals surface area contributed by atoms with Crippen molar-refractivity contribution < 1.29 is 4.74 Å². The minimum absolute atomic E-state index is 0.208. The van der Waals surface area contributed by atoms with E-state index in [1.807, 2.05) is 12.1 Å². The third-order valence-electron chi connectivity index (χ3n) is 3.51. The first-order valence-electron chi connectivity index (χ1n) is 7.17. The minimum Gasteiger partial charge on any atom is -0.379 e. The molecule has 3 nitrogen and oxygen atoms in total. The van der Waals surface area contributed by atoms with E-state index in [9.17, 15) is 0 Å². The molecule has 1 aromatic carbocycles. The fraction of sp³-hybridized carbons (Fsp3) is 0.529. The molecule has 0 saturated heterocycles. The molecular formula is C17H22N2O. The lowest BCUT2D eigenvalue weighted by Gasteiger charge is -2.10. The molecule has 1 atom stereocenters. The molecule has 0 amide bonds. The number of hydrogen-bond acceptors (Lipinski definition) is 3. The van der Waals surface area contributed by atoms with Crippen LogP contribution in [-0.4, -0.2) is 13.2 Å². The maximum absolute atomic E-state index is 8.60. The molecule has 0 aromatic heterocycles. The molecule has 0 bridgehead atoms. The third-order valence-corrected chi connectivity index (χ3v) is 3.51. The highest BCUT2D eigenvalue weighted by Gasteiger charge is 2.05. The summed E-state index contributed by atoms with van der Waals surface area (Å²) >= 11 is 0. The van der Waals surface area contributed by atoms with Crippen molar-refractivity contribution in [3.05, 3.63) is 35.4 Å². The second kappa shape index (κ2) is 9.13. The van der Waals surface area contributed by atoms with Gasteiger partial charge in [0.15, 0.2) is 5.92 Å². The molecule has 1 unspecified atom stereocenters. The van der Waals surface area contributed by atoms with Crippen LogP contribution in [0.1, 0.15) is 43.7 Å². The lowest BCUT2D eigenvalue weighted by atomic mass is 9.97. The van der Waals surface area contributed by atoms with Crippen LogP contribution in [0.25, 0.3) is 0 Å². The van der Waals surface area contributed by atoms with Crippen LogP contribution >= 0.6 is 0 Å². The predicted molar refractivity (Wildman–Crippen MR) is 79.0 cm³/mol. The number of aryl methyl sites for hydroxylation is 1. The number of rotatable bonds is 8. The van der Waals surface area contributed by atoms with Crippen molar-refractivity contribution in [1.29, 1.82) is 10.5 Å². The van der Waals surface area contributed by atoms with Crippen LogP contribution in [0.5, 0.6) is 0 Å². The summed E-state index contributed by atoms with van der Waals surface area (Å²) in [6, 6.07) is 12.5. The highest BCUT2D eigenvalue weighted by atomic mass is 16.5. The van der Waals surface area contributed by atoms with Crippen LogP contribution in [0, 0.1) is 28.6 Å². The third kappa shape index (κ3) is 5.43. The average molecular weight is 270 g/mol. The molecule has 0 spiro atoms. The first-order chi connectivity index (χ1) is 9.71. The van der Waals surface area contributed by atoms with Gasteiger partial charge in [0.1, 0.15) is 0 Å². The van der Waals surface area contributed by atoms with Crippen molar-refractivity contribution in [2.45, 2.75) is 39.0 Å². The van der Waals surface area contributed by atoms with Gasteiger partial charge in [0.2, 0.25) is 0 Å². The zero-order chi connectivity index (χ0) is 14.8. The number of nitriles is 2. The van der Waals surface area contributed by atoms with Gasteiger partial charge in [-0.2, -0.15) is 10.5 Å². The van der Waals surface area contributed by atoms with E-state index in [2.05, 4.69) is 38.1 Å². The Labute approximate surface area is 121 Å². The van der Waals surface area contributed by atoms with Gasteiger partial charge in [-0.3, -0.25) is 0 Å². The van der Waals surface area contributed by atoms with Crippen LogP contribution in [0.4, 0.5) is 0 Å². The molecule has 0 fully saturated rings. The van der Waals surface area contributed by atoms with Crippen LogP contribution in [-0.2, 0) is 11.2 Å². The van der Waals surface area contributed by atoms with Crippen molar-refractivity contribution in [3.63, 3.8) is 0 Å². The Morgan fingerprint density at radius 2 is 1.80 bits per heavy atom. The second-order valence-electron chi connectivity index (χ2n) is 5.04. The summed E-state index contributed by atoms with van der Waals surface area (Å²) in [5.41, 5.74) is 2.69. The van der Waals surface area contributed by atoms with Gasteiger partial charge in [0, 0.05) is 6.61 Å². The zero-order valence-corrected chi connectivity index (χ0v) is 12.3. The van der Waals surface area contributed by atoms with E-state index < -0.39 is 5.92 Å². The molecular weight excluding hydrogens is 248 g/mol. The summed E-state index contributed by atoms with van der Waals surface area (Å²) in [6.07, 6.45) is 3.03. The maximum atomic E-state index is 8.60. The zero-order valence-electron chi connectivity index (χ0n) is 12.3. The van der Waals surface area contributed by atoms with Gasteiger partial charge in [-0.15, -0.1) is 0 Å². The van der Waals surface area contributed by atoms with Gasteiger partial charge >= 0.3 is 0 Å². The molecule has 0 saturated carbocycles. The van der Waals surface area contributed by atoms with E-state index in [0.29, 0.717) is 12.5 Å². The molecule has 0 radical (unpaired) electrons. The Morgan fingerprint density at radius 3 is 2.35 bits per heavy atom. The Morgan fingerprint density at radius 1 is 1.15 bits per heavy atom. The summed E-state index contributed by atoms with van der Waals surface area (Å²) in [5.74, 6) is -0.0360. The van der Waals surface area contributed by atoms with Crippen molar-refractivity contribution >= 4 is 0 Å². The van der Waals surface area contributed by atoms with Crippen molar-refractivity contribution in [3.8, 4) is 12.1 Å². The van der Waals surface area contributed by atoms with Crippen molar-refractivity contribution in [2.24, 2.45) is 5.92 Å². The smallest absolute Gasteiger partial charge is 0.156 e. The molecule has 0 aliphatic carbocycles. The minimum atomic E-state index is -0.648. The monoisotopic (exact) mass is 270 g/mol. The Balaban J connectivity index is 2.26. The highest BCUT2D eigenvalue weighted by molar-refractivity contribution is 5.25. The molecule has 0 heterocycles. The first-order valence-corrected chi connectivity index (χ1v) is 7.17. The van der Waals surface area contributed by atoms with Gasteiger partial charge in [-0.25, -0.2) is 0 Å². The average Bonchev–Trinajstić information content (AvgIpc) is 2.50. The molecule has 0 N–H and O–H groups in total. The molecule has 106 valence electrons. The molecule has 1 aromatic rings. The normalized spacial score (nSPS) is 11.8. The summed E-state index contributed by atoms with van der Waals surface area (Å²) in [4.78, 5) is 0. The van der Waals surface area contributed by atoms with Gasteiger partial charge in [-0.1, -0.05) is 38.1 Å². The Kier molecular flexibility index (Phi) is 7.40. The van der Waals surface area contributed by atoms with Crippen molar-refractivity contribution in [1.82, 2.24) is 0 Å². The van der Waals surface area contributed by atoms with E-state index in [-0.39, 0.29) is 6.61 Å². The van der Waals surface area contributed by atoms with E-state index in [1.54, 1.807) is 0 Å². The largest absolute Gasteiger partial charge is 0.379 e. The number of benzene rings is 1. The SMILES string of the molecule is CCC(C)c1ccc(CCCOCC(C#N)C#N)cc1. The Hall–Kier alpha value is -1.84. The van der Waals surface area contributed by atoms with Gasteiger partial charge in [0.05, 0.1) is 18.7 Å². The van der Waals surface area contributed by atoms with Crippen LogP contribution in [0.2, 0.25) is 0 Å². The van der Waals surface area contributed by atoms with Gasteiger partial charge in [-0.05, 0) is 36.3 Å². The Bertz CT molecular complexity index is 453. The number of nitrogens with zero attached hydrogens (tertiary/aromatic N) is 2. The summed E-state index contributed by atoms with van der Waals surface area (Å²) in [6.45, 7) is 5.24. The van der Waals surface area contributed by atoms with Crippen LogP contribution < -0.4 is 0 Å². The maximum Gasteiger partial charge on any atom is 0.156 e. The number of ether oxygens (including phenoxy) is 1. The van der Waals surface area contributed by atoms with Gasteiger partial charge < -0.3 is 4.74 Å². The van der Waals surface area contributed by atoms with Crippen LogP contribution in [0.15, 0.2) is 24.3 Å². The predicted octanol–water partition coefficient (Wildman–Crippen LogP) is 3.81. The fourth-order valence-corrected chi connectivity index (χ4v) is 1.93. The van der Waals surface area contributed by atoms with Crippen LogP contribution in [0.3, 0.4) is 0 Å². The van der Waals surface area contributed by atoms with E-state index in [1.165, 1.54) is 11.1 Å². The van der Waals surface area contributed by atoms with E-state index >= 15 is 0 Å². The van der Waals surface area contributed by atoms with E-state index in [0.717, 1.165) is 19.3 Å². The first kappa shape index (κ1) is 16.2. The standard InChI is InChI=1S/C17H22N2O/c1-3-14(2)17-8-6-15(7-9-17)5-4-10-20-13-16(11-18)12-19/h6-9,14,16H,3-5,10,13H2,1-2H3. The summed E-state index contributed by atoms with van der Waals surface area (Å²) < 4.78 is 5.33. The number of hydrogen-bond donors (Lipinski definition) is 0. The van der Waals surface area contributed by atoms with Crippen molar-refractivity contribution in [2.75, 3.05) is 13.2 Å². The molecule has 0 aliphatic heterocycles. The quantitative estimate of drug-likeness (QED) is 0.675. The summed E-state index contributed by atoms with van der Waals surface area (Å²) in [5, 5.41) is 17.2. The molecule has 20 heavy (non-hydrogen) atoms. The lowest BCUT2D eigenvalue weighted by Crippen LogP contribution is -2.06. The topological polar surface area (TPSA) is 56.8 Å². The second-order valence-corrected chi connectivity index (χ2v) is 5.04. The lowest BCUT2D eigenvalue weighted by molar-refractivity contribution is 0.124. The molecule has 1 rings (SSSR count). The highest BCUT2D eigenvalue weighted by Crippen LogP contribution is 2.19. The van der Waals surface area contributed by atoms with Gasteiger partial charge in [0.25, 0.3) is 0 Å². The molecule has 3 heteroatoms.